The van der Waals surface area contributed by atoms with Crippen molar-refractivity contribution in [1.82, 2.24) is 4.90 Å². The molecule has 134 valence electrons. The number of likely N-dealkylation sites (tertiary alicyclic amines) is 1. The van der Waals surface area contributed by atoms with Crippen molar-refractivity contribution < 1.29 is 9.59 Å². The molecule has 0 bridgehead atoms. The number of carbonyl (C=O) groups excluding carboxylic acids is 2. The van der Waals surface area contributed by atoms with Crippen LogP contribution in [0.15, 0.2) is 0 Å². The second-order valence-corrected chi connectivity index (χ2v) is 9.56. The summed E-state index contributed by atoms with van der Waals surface area (Å²) in [4.78, 5) is 26.2. The SMILES string of the molecule is CN1C(=O)CC[C@@]2(C)C1CC[C@H]1[C@@H]3CC[C@H](C(N)=O)[C@@]3(C)CC[C@@H]12. The van der Waals surface area contributed by atoms with Crippen LogP contribution in [0.4, 0.5) is 0 Å². The molecule has 1 unspecified atom stereocenters. The van der Waals surface area contributed by atoms with E-state index in [1.54, 1.807) is 0 Å². The van der Waals surface area contributed by atoms with E-state index in [0.29, 0.717) is 30.2 Å². The highest BCUT2D eigenvalue weighted by Gasteiger charge is 2.61. The summed E-state index contributed by atoms with van der Waals surface area (Å²) < 4.78 is 0. The Morgan fingerprint density at radius 3 is 2.46 bits per heavy atom. The zero-order valence-electron chi connectivity index (χ0n) is 15.4. The lowest BCUT2D eigenvalue weighted by Crippen LogP contribution is -2.61. The van der Waals surface area contributed by atoms with Crippen LogP contribution in [0.3, 0.4) is 0 Å². The van der Waals surface area contributed by atoms with E-state index in [1.807, 2.05) is 11.9 Å². The van der Waals surface area contributed by atoms with E-state index in [2.05, 4.69) is 13.8 Å². The first kappa shape index (κ1) is 16.4. The van der Waals surface area contributed by atoms with Gasteiger partial charge in [-0.15, -0.1) is 0 Å². The Morgan fingerprint density at radius 1 is 1.04 bits per heavy atom. The summed E-state index contributed by atoms with van der Waals surface area (Å²) in [5.74, 6) is 2.39. The highest BCUT2D eigenvalue weighted by molar-refractivity contribution is 5.78. The van der Waals surface area contributed by atoms with Crippen LogP contribution in [-0.4, -0.2) is 29.8 Å². The number of hydrogen-bond acceptors (Lipinski definition) is 2. The largest absolute Gasteiger partial charge is 0.369 e. The minimum Gasteiger partial charge on any atom is -0.369 e. The van der Waals surface area contributed by atoms with Crippen LogP contribution in [0.25, 0.3) is 0 Å². The van der Waals surface area contributed by atoms with Gasteiger partial charge in [-0.2, -0.15) is 0 Å². The van der Waals surface area contributed by atoms with Crippen LogP contribution in [-0.2, 0) is 9.59 Å². The molecule has 4 nitrogen and oxygen atoms in total. The summed E-state index contributed by atoms with van der Waals surface area (Å²) in [6, 6.07) is 0.415. The number of primary amides is 1. The lowest BCUT2D eigenvalue weighted by molar-refractivity contribution is -0.159. The molecule has 4 aliphatic rings. The fraction of sp³-hybridized carbons (Fsp3) is 0.900. The molecule has 4 heteroatoms. The van der Waals surface area contributed by atoms with Crippen molar-refractivity contribution in [3.63, 3.8) is 0 Å². The maximum Gasteiger partial charge on any atom is 0.222 e. The number of nitrogens with two attached hydrogens (primary N) is 1. The van der Waals surface area contributed by atoms with Gasteiger partial charge in [0.05, 0.1) is 0 Å². The Kier molecular flexibility index (Phi) is 3.57. The third-order valence-electron chi connectivity index (χ3n) is 8.90. The van der Waals surface area contributed by atoms with Gasteiger partial charge in [0.1, 0.15) is 0 Å². The van der Waals surface area contributed by atoms with E-state index >= 15 is 0 Å². The van der Waals surface area contributed by atoms with E-state index in [4.69, 9.17) is 5.73 Å². The Hall–Kier alpha value is -1.06. The zero-order valence-corrected chi connectivity index (χ0v) is 15.4. The molecule has 0 spiro atoms. The topological polar surface area (TPSA) is 63.4 Å². The van der Waals surface area contributed by atoms with E-state index in [-0.39, 0.29) is 22.7 Å². The van der Waals surface area contributed by atoms with Gasteiger partial charge in [-0.25, -0.2) is 0 Å². The number of fused-ring (bicyclic) bond motifs is 5. The van der Waals surface area contributed by atoms with Crippen LogP contribution in [0.2, 0.25) is 0 Å². The summed E-state index contributed by atoms with van der Waals surface area (Å²) in [5, 5.41) is 0. The summed E-state index contributed by atoms with van der Waals surface area (Å²) in [5.41, 5.74) is 6.12. The predicted molar refractivity (Wildman–Crippen MR) is 92.9 cm³/mol. The van der Waals surface area contributed by atoms with Crippen molar-refractivity contribution >= 4 is 11.8 Å². The van der Waals surface area contributed by atoms with Gasteiger partial charge >= 0.3 is 0 Å². The molecule has 7 atom stereocenters. The van der Waals surface area contributed by atoms with Gasteiger partial charge in [0.25, 0.3) is 0 Å². The highest BCUT2D eigenvalue weighted by atomic mass is 16.2. The summed E-state index contributed by atoms with van der Waals surface area (Å²) in [7, 11) is 2.01. The average Bonchev–Trinajstić information content (AvgIpc) is 2.89. The Labute approximate surface area is 145 Å². The number of piperidine rings is 1. The lowest BCUT2D eigenvalue weighted by atomic mass is 9.47. The molecular formula is C20H32N2O2. The van der Waals surface area contributed by atoms with Crippen LogP contribution >= 0.6 is 0 Å². The molecular weight excluding hydrogens is 300 g/mol. The first-order valence-electron chi connectivity index (χ1n) is 9.84. The van der Waals surface area contributed by atoms with Gasteiger partial charge in [-0.1, -0.05) is 13.8 Å². The molecule has 0 aromatic rings. The predicted octanol–water partition coefficient (Wildman–Crippen LogP) is 2.95. The minimum absolute atomic E-state index is 0.0737. The molecule has 3 aliphatic carbocycles. The average molecular weight is 332 g/mol. The standard InChI is InChI=1S/C20H32N2O2/c1-19-10-8-14-12(13(19)5-6-15(19)18(21)24)4-7-16-20(14,2)11-9-17(23)22(16)3/h12-16H,4-11H2,1-3H3,(H2,21,24)/t12-,13-,14-,15+,16?,19-,20+/m0/s1. The molecule has 2 amide bonds. The molecule has 0 aromatic carbocycles. The van der Waals surface area contributed by atoms with E-state index in [0.717, 1.165) is 31.6 Å². The third kappa shape index (κ3) is 1.97. The van der Waals surface area contributed by atoms with Gasteiger partial charge in [0.2, 0.25) is 11.8 Å². The maximum atomic E-state index is 12.2. The maximum absolute atomic E-state index is 12.2. The van der Waals surface area contributed by atoms with Gasteiger partial charge in [0, 0.05) is 25.4 Å². The molecule has 3 saturated carbocycles. The minimum atomic E-state index is -0.0821. The molecule has 1 aliphatic heterocycles. The quantitative estimate of drug-likeness (QED) is 0.802. The monoisotopic (exact) mass is 332 g/mol. The third-order valence-corrected chi connectivity index (χ3v) is 8.90. The van der Waals surface area contributed by atoms with Crippen molar-refractivity contribution in [1.29, 1.82) is 0 Å². The zero-order chi connectivity index (χ0) is 17.3. The van der Waals surface area contributed by atoms with Crippen molar-refractivity contribution in [3.05, 3.63) is 0 Å². The summed E-state index contributed by atoms with van der Waals surface area (Å²) >= 11 is 0. The number of nitrogens with zero attached hydrogens (tertiary/aromatic N) is 1. The Balaban J connectivity index is 1.64. The second kappa shape index (κ2) is 5.22. The highest BCUT2D eigenvalue weighted by Crippen LogP contribution is 2.66. The summed E-state index contributed by atoms with van der Waals surface area (Å²) in [6.45, 7) is 4.78. The van der Waals surface area contributed by atoms with E-state index < -0.39 is 0 Å². The Morgan fingerprint density at radius 2 is 1.75 bits per heavy atom. The van der Waals surface area contributed by atoms with Crippen molar-refractivity contribution in [2.45, 2.75) is 71.3 Å². The Bertz CT molecular complexity index is 576. The van der Waals surface area contributed by atoms with Gasteiger partial charge in [-0.05, 0) is 73.5 Å². The first-order valence-corrected chi connectivity index (χ1v) is 9.84. The fourth-order valence-corrected chi connectivity index (χ4v) is 7.62. The van der Waals surface area contributed by atoms with Gasteiger partial charge in [0.15, 0.2) is 0 Å². The number of hydrogen-bond donors (Lipinski definition) is 1. The molecule has 2 N–H and O–H groups in total. The number of amides is 2. The van der Waals surface area contributed by atoms with Gasteiger partial charge < -0.3 is 10.6 Å². The van der Waals surface area contributed by atoms with Crippen molar-refractivity contribution in [3.8, 4) is 0 Å². The van der Waals surface area contributed by atoms with Crippen LogP contribution < -0.4 is 5.73 Å². The van der Waals surface area contributed by atoms with Crippen LogP contribution in [0.1, 0.15) is 65.2 Å². The molecule has 0 radical (unpaired) electrons. The van der Waals surface area contributed by atoms with Crippen molar-refractivity contribution in [2.75, 3.05) is 7.05 Å². The number of rotatable bonds is 1. The molecule has 4 fully saturated rings. The summed E-state index contributed by atoms with van der Waals surface area (Å²) in [6.07, 6.45) is 8.59. The molecule has 4 rings (SSSR count). The molecule has 24 heavy (non-hydrogen) atoms. The fourth-order valence-electron chi connectivity index (χ4n) is 7.62. The van der Waals surface area contributed by atoms with Crippen LogP contribution in [0, 0.1) is 34.5 Å². The van der Waals surface area contributed by atoms with E-state index in [1.165, 1.54) is 19.3 Å². The molecule has 0 aromatic heterocycles. The smallest absolute Gasteiger partial charge is 0.222 e. The molecule has 1 heterocycles. The second-order valence-electron chi connectivity index (χ2n) is 9.56. The first-order chi connectivity index (χ1) is 11.3. The van der Waals surface area contributed by atoms with Gasteiger partial charge in [-0.3, -0.25) is 9.59 Å². The lowest BCUT2D eigenvalue weighted by Gasteiger charge is -2.61. The van der Waals surface area contributed by atoms with Crippen molar-refractivity contribution in [2.24, 2.45) is 40.2 Å². The normalized spacial score (nSPS) is 50.9. The van der Waals surface area contributed by atoms with Crippen LogP contribution in [0.5, 0.6) is 0 Å². The molecule has 1 saturated heterocycles. The number of carbonyl (C=O) groups is 2. The van der Waals surface area contributed by atoms with E-state index in [9.17, 15) is 9.59 Å².